The molecule has 1 aromatic heterocycles. The molecule has 2 aromatic rings. The molecule has 0 aliphatic rings. The van der Waals surface area contributed by atoms with Crippen molar-refractivity contribution in [3.63, 3.8) is 0 Å². The van der Waals surface area contributed by atoms with Gasteiger partial charge in [0.15, 0.2) is 0 Å². The van der Waals surface area contributed by atoms with E-state index in [1.165, 1.54) is 0 Å². The van der Waals surface area contributed by atoms with E-state index in [4.69, 9.17) is 4.42 Å². The lowest BCUT2D eigenvalue weighted by molar-refractivity contribution is 0.470. The van der Waals surface area contributed by atoms with E-state index in [0.29, 0.717) is 6.04 Å². The van der Waals surface area contributed by atoms with Crippen molar-refractivity contribution in [2.24, 2.45) is 0 Å². The number of halogens is 2. The van der Waals surface area contributed by atoms with E-state index in [1.807, 2.05) is 24.3 Å². The molecule has 0 aliphatic carbocycles. The summed E-state index contributed by atoms with van der Waals surface area (Å²) in [5.74, 6) is 1.91. The van der Waals surface area contributed by atoms with Gasteiger partial charge in [0, 0.05) is 27.0 Å². The first-order valence-corrected chi connectivity index (χ1v) is 7.96. The van der Waals surface area contributed by atoms with Crippen molar-refractivity contribution in [3.8, 4) is 11.3 Å². The molecule has 19 heavy (non-hydrogen) atoms. The summed E-state index contributed by atoms with van der Waals surface area (Å²) in [5, 5.41) is 3.39. The Morgan fingerprint density at radius 3 is 2.68 bits per heavy atom. The first-order chi connectivity index (χ1) is 9.10. The first kappa shape index (κ1) is 14.8. The summed E-state index contributed by atoms with van der Waals surface area (Å²) < 4.78 is 8.00. The molecule has 0 bridgehead atoms. The summed E-state index contributed by atoms with van der Waals surface area (Å²) in [5.41, 5.74) is 1.07. The van der Waals surface area contributed by atoms with Crippen molar-refractivity contribution >= 4 is 31.9 Å². The van der Waals surface area contributed by atoms with Crippen molar-refractivity contribution in [2.75, 3.05) is 6.54 Å². The van der Waals surface area contributed by atoms with Gasteiger partial charge in [-0.25, -0.2) is 0 Å². The minimum absolute atomic E-state index is 0.428. The molecule has 102 valence electrons. The average Bonchev–Trinajstić information content (AvgIpc) is 2.77. The van der Waals surface area contributed by atoms with Crippen LogP contribution in [0.4, 0.5) is 0 Å². The van der Waals surface area contributed by atoms with Gasteiger partial charge in [0.05, 0.1) is 0 Å². The van der Waals surface area contributed by atoms with Gasteiger partial charge < -0.3 is 9.73 Å². The fourth-order valence-electron chi connectivity index (χ4n) is 2.04. The molecule has 0 saturated carbocycles. The monoisotopic (exact) mass is 385 g/mol. The third kappa shape index (κ3) is 3.94. The smallest absolute Gasteiger partial charge is 0.135 e. The zero-order valence-electron chi connectivity index (χ0n) is 11.0. The largest absolute Gasteiger partial charge is 0.461 e. The van der Waals surface area contributed by atoms with E-state index in [-0.39, 0.29) is 0 Å². The van der Waals surface area contributed by atoms with Crippen molar-refractivity contribution < 1.29 is 4.42 Å². The van der Waals surface area contributed by atoms with Crippen LogP contribution in [-0.2, 0) is 6.42 Å². The number of hydrogen-bond acceptors (Lipinski definition) is 2. The summed E-state index contributed by atoms with van der Waals surface area (Å²) >= 11 is 7.02. The van der Waals surface area contributed by atoms with E-state index in [2.05, 4.69) is 57.1 Å². The van der Waals surface area contributed by atoms with Crippen LogP contribution < -0.4 is 5.32 Å². The maximum absolute atomic E-state index is 5.92. The summed E-state index contributed by atoms with van der Waals surface area (Å²) in [6.45, 7) is 5.26. The van der Waals surface area contributed by atoms with Gasteiger partial charge in [-0.1, -0.05) is 22.9 Å². The van der Waals surface area contributed by atoms with Gasteiger partial charge in [0.25, 0.3) is 0 Å². The summed E-state index contributed by atoms with van der Waals surface area (Å²) in [4.78, 5) is 0. The van der Waals surface area contributed by atoms with E-state index in [0.717, 1.165) is 39.0 Å². The quantitative estimate of drug-likeness (QED) is 0.780. The zero-order valence-corrected chi connectivity index (χ0v) is 14.2. The lowest BCUT2D eigenvalue weighted by Crippen LogP contribution is -2.27. The molecule has 0 spiro atoms. The van der Waals surface area contributed by atoms with Gasteiger partial charge in [-0.15, -0.1) is 0 Å². The van der Waals surface area contributed by atoms with E-state index >= 15 is 0 Å². The highest BCUT2D eigenvalue weighted by Gasteiger charge is 2.10. The van der Waals surface area contributed by atoms with Crippen LogP contribution in [0.5, 0.6) is 0 Å². The normalized spacial score (nSPS) is 12.6. The van der Waals surface area contributed by atoms with Crippen molar-refractivity contribution in [3.05, 3.63) is 45.0 Å². The van der Waals surface area contributed by atoms with Gasteiger partial charge in [-0.2, -0.15) is 0 Å². The number of likely N-dealkylation sites (N-methyl/N-ethyl adjacent to an activating group) is 1. The van der Waals surface area contributed by atoms with E-state index < -0.39 is 0 Å². The topological polar surface area (TPSA) is 25.2 Å². The molecule has 4 heteroatoms. The Balaban J connectivity index is 2.16. The van der Waals surface area contributed by atoms with Crippen LogP contribution in [0.25, 0.3) is 11.3 Å². The number of hydrogen-bond donors (Lipinski definition) is 1. The molecular weight excluding hydrogens is 370 g/mol. The minimum Gasteiger partial charge on any atom is -0.461 e. The molecule has 1 heterocycles. The predicted octanol–water partition coefficient (Wildman–Crippen LogP) is 5.01. The number of benzene rings is 1. The molecule has 0 radical (unpaired) electrons. The predicted molar refractivity (Wildman–Crippen MR) is 86.4 cm³/mol. The second-order valence-corrected chi connectivity index (χ2v) is 6.32. The molecule has 0 fully saturated rings. The third-order valence-electron chi connectivity index (χ3n) is 2.92. The van der Waals surface area contributed by atoms with E-state index in [9.17, 15) is 0 Å². The van der Waals surface area contributed by atoms with Crippen LogP contribution in [0.15, 0.2) is 43.7 Å². The maximum atomic E-state index is 5.92. The van der Waals surface area contributed by atoms with Gasteiger partial charge in [0.2, 0.25) is 0 Å². The van der Waals surface area contributed by atoms with Crippen LogP contribution >= 0.6 is 31.9 Å². The molecule has 2 nitrogen and oxygen atoms in total. The molecular formula is C15H17Br2NO. The van der Waals surface area contributed by atoms with Gasteiger partial charge >= 0.3 is 0 Å². The highest BCUT2D eigenvalue weighted by molar-refractivity contribution is 9.11. The minimum atomic E-state index is 0.428. The molecule has 1 unspecified atom stereocenters. The Kier molecular flexibility index (Phi) is 5.25. The third-order valence-corrected chi connectivity index (χ3v) is 4.07. The summed E-state index contributed by atoms with van der Waals surface area (Å²) in [7, 11) is 0. The molecule has 1 N–H and O–H groups in total. The Hall–Kier alpha value is -0.580. The molecule has 1 aromatic carbocycles. The Morgan fingerprint density at radius 2 is 2.00 bits per heavy atom. The van der Waals surface area contributed by atoms with Crippen LogP contribution in [0, 0.1) is 0 Å². The summed E-state index contributed by atoms with van der Waals surface area (Å²) in [6.07, 6.45) is 0.905. The molecule has 2 rings (SSSR count). The second-order valence-electron chi connectivity index (χ2n) is 4.55. The van der Waals surface area contributed by atoms with Gasteiger partial charge in [-0.3, -0.25) is 0 Å². The number of rotatable bonds is 5. The lowest BCUT2D eigenvalue weighted by atomic mass is 10.2. The molecule has 0 amide bonds. The van der Waals surface area contributed by atoms with Crippen LogP contribution in [0.1, 0.15) is 19.6 Å². The average molecular weight is 387 g/mol. The Labute approximate surface area is 130 Å². The first-order valence-electron chi connectivity index (χ1n) is 6.37. The van der Waals surface area contributed by atoms with Gasteiger partial charge in [0.1, 0.15) is 11.5 Å². The Bertz CT molecular complexity index is 551. The SMILES string of the molecule is CCNC(C)Cc1ccc(-c2ccc(Br)cc2Br)o1. The fraction of sp³-hybridized carbons (Fsp3) is 0.333. The van der Waals surface area contributed by atoms with Crippen molar-refractivity contribution in [1.82, 2.24) is 5.32 Å². The summed E-state index contributed by atoms with van der Waals surface area (Å²) in [6, 6.07) is 10.6. The van der Waals surface area contributed by atoms with Crippen LogP contribution in [-0.4, -0.2) is 12.6 Å². The van der Waals surface area contributed by atoms with Gasteiger partial charge in [-0.05, 0) is 59.7 Å². The zero-order chi connectivity index (χ0) is 13.8. The maximum Gasteiger partial charge on any atom is 0.135 e. The van der Waals surface area contributed by atoms with Crippen LogP contribution in [0.3, 0.4) is 0 Å². The van der Waals surface area contributed by atoms with Crippen LogP contribution in [0.2, 0.25) is 0 Å². The van der Waals surface area contributed by atoms with Crippen molar-refractivity contribution in [1.29, 1.82) is 0 Å². The highest BCUT2D eigenvalue weighted by Crippen LogP contribution is 2.32. The van der Waals surface area contributed by atoms with Crippen molar-refractivity contribution in [2.45, 2.75) is 26.3 Å². The fourth-order valence-corrected chi connectivity index (χ4v) is 3.29. The second kappa shape index (κ2) is 6.73. The number of nitrogens with one attached hydrogen (secondary N) is 1. The standard InChI is InChI=1S/C15H17Br2NO/c1-3-18-10(2)8-12-5-7-15(19-12)13-6-4-11(16)9-14(13)17/h4-7,9-10,18H,3,8H2,1-2H3. The lowest BCUT2D eigenvalue weighted by Gasteiger charge is -2.09. The Morgan fingerprint density at radius 1 is 1.21 bits per heavy atom. The van der Waals surface area contributed by atoms with E-state index in [1.54, 1.807) is 0 Å². The highest BCUT2D eigenvalue weighted by atomic mass is 79.9. The molecule has 1 atom stereocenters. The number of furan rings is 1. The molecule has 0 saturated heterocycles. The molecule has 0 aliphatic heterocycles.